The zero-order valence-corrected chi connectivity index (χ0v) is 13.0. The summed E-state index contributed by atoms with van der Waals surface area (Å²) in [6, 6.07) is 21.6. The van der Waals surface area contributed by atoms with E-state index in [0.29, 0.717) is 0 Å². The Morgan fingerprint density at radius 3 is 2.50 bits per heavy atom. The van der Waals surface area contributed by atoms with Gasteiger partial charge in [0.05, 0.1) is 0 Å². The van der Waals surface area contributed by atoms with Gasteiger partial charge in [-0.3, -0.25) is 0 Å². The molecule has 0 N–H and O–H groups in total. The van der Waals surface area contributed by atoms with E-state index in [-0.39, 0.29) is 6.71 Å². The molecule has 5 rings (SSSR count). The second kappa shape index (κ2) is 4.44. The average Bonchev–Trinajstić information content (AvgIpc) is 2.54. The van der Waals surface area contributed by atoms with Crippen molar-refractivity contribution in [1.82, 2.24) is 0 Å². The Bertz CT molecular complexity index is 848. The fraction of sp³-hybridized carbons (Fsp3) is 0.0526. The molecule has 0 unspecified atom stereocenters. The third-order valence-electron chi connectivity index (χ3n) is 4.44. The summed E-state index contributed by atoms with van der Waals surface area (Å²) in [6.45, 7) is 2.42. The van der Waals surface area contributed by atoms with E-state index in [4.69, 9.17) is 4.74 Å². The maximum absolute atomic E-state index is 6.21. The molecule has 0 spiro atoms. The Kier molecular flexibility index (Phi) is 2.50. The monoisotopic (exact) mass is 300 g/mol. The van der Waals surface area contributed by atoms with Crippen molar-refractivity contribution in [1.29, 1.82) is 0 Å². The quantitative estimate of drug-likeness (QED) is 0.406. The third-order valence-corrected chi connectivity index (χ3v) is 5.59. The highest BCUT2D eigenvalue weighted by Crippen LogP contribution is 2.37. The zero-order chi connectivity index (χ0) is 14.7. The van der Waals surface area contributed by atoms with Crippen LogP contribution in [0.3, 0.4) is 0 Å². The number of para-hydroxylation sites is 1. The number of aryl methyl sites for hydroxylation is 1. The summed E-state index contributed by atoms with van der Waals surface area (Å²) in [7, 11) is 0. The summed E-state index contributed by atoms with van der Waals surface area (Å²) in [5, 5.41) is 0. The minimum absolute atomic E-state index is 0.285. The second-order valence-corrected chi connectivity index (χ2v) is 6.97. The minimum Gasteiger partial charge on any atom is -0.458 e. The number of benzene rings is 3. The van der Waals surface area contributed by atoms with Crippen molar-refractivity contribution in [2.24, 2.45) is 0 Å². The van der Waals surface area contributed by atoms with Gasteiger partial charge in [0.15, 0.2) is 0 Å². The molecule has 2 heterocycles. The topological polar surface area (TPSA) is 9.23 Å². The highest BCUT2D eigenvalue weighted by atomic mass is 32.2. The first kappa shape index (κ1) is 12.4. The molecule has 2 aliphatic heterocycles. The molecular formula is C19H13BOS. The number of ether oxygens (including phenoxy) is 1. The lowest BCUT2D eigenvalue weighted by Gasteiger charge is -2.33. The average molecular weight is 300 g/mol. The molecule has 0 aliphatic carbocycles. The third kappa shape index (κ3) is 1.63. The normalized spacial score (nSPS) is 13.8. The molecule has 2 aliphatic rings. The van der Waals surface area contributed by atoms with Crippen LogP contribution < -0.4 is 21.1 Å². The molecule has 0 amide bonds. The molecule has 3 heteroatoms. The fourth-order valence-corrected chi connectivity index (χ4v) is 4.79. The van der Waals surface area contributed by atoms with Gasteiger partial charge in [0.1, 0.15) is 11.5 Å². The predicted octanol–water partition coefficient (Wildman–Crippen LogP) is 3.08. The van der Waals surface area contributed by atoms with Crippen LogP contribution in [0.1, 0.15) is 5.56 Å². The van der Waals surface area contributed by atoms with E-state index in [9.17, 15) is 0 Å². The van der Waals surface area contributed by atoms with Crippen LogP contribution in [0.2, 0.25) is 0 Å². The largest absolute Gasteiger partial charge is 0.458 e. The molecule has 0 saturated heterocycles. The van der Waals surface area contributed by atoms with E-state index in [1.54, 1.807) is 0 Å². The first-order valence-electron chi connectivity index (χ1n) is 7.49. The van der Waals surface area contributed by atoms with Gasteiger partial charge in [-0.1, -0.05) is 53.6 Å². The van der Waals surface area contributed by atoms with Crippen LogP contribution in [0, 0.1) is 6.92 Å². The van der Waals surface area contributed by atoms with E-state index >= 15 is 0 Å². The van der Waals surface area contributed by atoms with Crippen LogP contribution in [0.15, 0.2) is 70.5 Å². The Labute approximate surface area is 134 Å². The Morgan fingerprint density at radius 2 is 1.59 bits per heavy atom. The fourth-order valence-electron chi connectivity index (χ4n) is 3.52. The molecule has 0 atom stereocenters. The van der Waals surface area contributed by atoms with Crippen molar-refractivity contribution < 1.29 is 4.74 Å². The van der Waals surface area contributed by atoms with Crippen LogP contribution >= 0.6 is 11.8 Å². The van der Waals surface area contributed by atoms with Gasteiger partial charge in [-0.15, -0.1) is 0 Å². The maximum Gasteiger partial charge on any atom is 0.253 e. The molecule has 0 bridgehead atoms. The lowest BCUT2D eigenvalue weighted by Crippen LogP contribution is -2.57. The molecule has 0 radical (unpaired) electrons. The summed E-state index contributed by atoms with van der Waals surface area (Å²) >= 11 is 1.86. The smallest absolute Gasteiger partial charge is 0.253 e. The van der Waals surface area contributed by atoms with Crippen LogP contribution in [-0.4, -0.2) is 6.71 Å². The lowest BCUT2D eigenvalue weighted by molar-refractivity contribution is 0.486. The van der Waals surface area contributed by atoms with E-state index in [1.165, 1.54) is 31.7 Å². The molecule has 22 heavy (non-hydrogen) atoms. The van der Waals surface area contributed by atoms with Gasteiger partial charge in [0, 0.05) is 9.79 Å². The van der Waals surface area contributed by atoms with Gasteiger partial charge in [-0.05, 0) is 47.7 Å². The highest BCUT2D eigenvalue weighted by Gasteiger charge is 2.38. The van der Waals surface area contributed by atoms with Crippen LogP contribution in [-0.2, 0) is 0 Å². The molecular weight excluding hydrogens is 287 g/mol. The molecule has 0 saturated carbocycles. The summed E-state index contributed by atoms with van der Waals surface area (Å²) < 4.78 is 6.21. The minimum atomic E-state index is 0.285. The highest BCUT2D eigenvalue weighted by molar-refractivity contribution is 8.00. The van der Waals surface area contributed by atoms with Crippen molar-refractivity contribution in [3.05, 3.63) is 66.2 Å². The Balaban J connectivity index is 1.88. The van der Waals surface area contributed by atoms with Crippen LogP contribution in [0.4, 0.5) is 0 Å². The van der Waals surface area contributed by atoms with E-state index < -0.39 is 0 Å². The SMILES string of the molecule is Cc1cc2c3c(c1)Sc1ccccc1B3c1ccccc1O2. The number of hydrogen-bond donors (Lipinski definition) is 0. The first-order valence-corrected chi connectivity index (χ1v) is 8.31. The second-order valence-electron chi connectivity index (χ2n) is 5.89. The van der Waals surface area contributed by atoms with Gasteiger partial charge in [-0.2, -0.15) is 0 Å². The van der Waals surface area contributed by atoms with Gasteiger partial charge < -0.3 is 4.74 Å². The summed E-state index contributed by atoms with van der Waals surface area (Å²) in [5.74, 6) is 2.00. The maximum atomic E-state index is 6.21. The Hall–Kier alpha value is -2.13. The van der Waals surface area contributed by atoms with Gasteiger partial charge in [0.25, 0.3) is 6.71 Å². The van der Waals surface area contributed by atoms with Gasteiger partial charge >= 0.3 is 0 Å². The molecule has 0 fully saturated rings. The van der Waals surface area contributed by atoms with Crippen molar-refractivity contribution in [3.63, 3.8) is 0 Å². The first-order chi connectivity index (χ1) is 10.8. The molecule has 3 aromatic carbocycles. The molecule has 104 valence electrons. The van der Waals surface area contributed by atoms with Gasteiger partial charge in [-0.25, -0.2) is 0 Å². The summed E-state index contributed by atoms with van der Waals surface area (Å²) in [4.78, 5) is 2.68. The molecule has 3 aromatic rings. The van der Waals surface area contributed by atoms with Crippen molar-refractivity contribution in [2.75, 3.05) is 0 Å². The lowest BCUT2D eigenvalue weighted by atomic mass is 9.35. The molecule has 1 nitrogen and oxygen atoms in total. The van der Waals surface area contributed by atoms with E-state index in [1.807, 2.05) is 17.8 Å². The van der Waals surface area contributed by atoms with Crippen LogP contribution in [0.25, 0.3) is 0 Å². The number of hydrogen-bond acceptors (Lipinski definition) is 2. The summed E-state index contributed by atoms with van der Waals surface area (Å²) in [6.07, 6.45) is 0. The van der Waals surface area contributed by atoms with Gasteiger partial charge in [0.2, 0.25) is 0 Å². The number of rotatable bonds is 0. The Morgan fingerprint density at radius 1 is 0.818 bits per heavy atom. The number of fused-ring (bicyclic) bond motifs is 4. The van der Waals surface area contributed by atoms with Crippen LogP contribution in [0.5, 0.6) is 11.5 Å². The van der Waals surface area contributed by atoms with Crippen molar-refractivity contribution in [3.8, 4) is 11.5 Å². The van der Waals surface area contributed by atoms with Crippen molar-refractivity contribution in [2.45, 2.75) is 16.7 Å². The standard InChI is InChI=1S/C19H13BOS/c1-12-10-16-19-18(11-12)22-17-9-5-3-7-14(17)20(19)13-6-2-4-8-15(13)21-16/h2-11H,1H3. The van der Waals surface area contributed by atoms with E-state index in [0.717, 1.165) is 11.5 Å². The molecule has 0 aromatic heterocycles. The predicted molar refractivity (Wildman–Crippen MR) is 92.9 cm³/mol. The van der Waals surface area contributed by atoms with Crippen molar-refractivity contribution >= 4 is 34.9 Å². The zero-order valence-electron chi connectivity index (χ0n) is 12.2. The summed E-state index contributed by atoms with van der Waals surface area (Å²) in [5.41, 5.74) is 5.24. The van der Waals surface area contributed by atoms with E-state index in [2.05, 4.69) is 61.5 Å².